The van der Waals surface area contributed by atoms with E-state index < -0.39 is 0 Å². The molecule has 2 aromatic rings. The third-order valence-corrected chi connectivity index (χ3v) is 2.32. The Morgan fingerprint density at radius 3 is 2.50 bits per heavy atom. The van der Waals surface area contributed by atoms with Gasteiger partial charge in [-0.1, -0.05) is 36.4 Å². The van der Waals surface area contributed by atoms with E-state index in [9.17, 15) is 0 Å². The van der Waals surface area contributed by atoms with E-state index in [1.807, 2.05) is 48.5 Å². The Hall–Kier alpha value is -1.80. The van der Waals surface area contributed by atoms with Gasteiger partial charge in [0.05, 0.1) is 0 Å². The summed E-state index contributed by atoms with van der Waals surface area (Å²) in [5, 5.41) is 0. The fraction of sp³-hybridized carbons (Fsp3) is 0.143. The second-order valence-electron chi connectivity index (χ2n) is 3.53. The Morgan fingerprint density at radius 2 is 1.88 bits per heavy atom. The van der Waals surface area contributed by atoms with Gasteiger partial charge in [0.1, 0.15) is 12.4 Å². The lowest BCUT2D eigenvalue weighted by Gasteiger charge is -2.06. The molecule has 0 saturated carbocycles. The third-order valence-electron chi connectivity index (χ3n) is 2.32. The van der Waals surface area contributed by atoms with Crippen LogP contribution in [0.15, 0.2) is 48.5 Å². The molecule has 1 radical (unpaired) electrons. The zero-order valence-electron chi connectivity index (χ0n) is 9.02. The highest BCUT2D eigenvalue weighted by molar-refractivity contribution is 5.26. The Labute approximate surface area is 95.7 Å². The maximum atomic E-state index is 5.62. The van der Waals surface area contributed by atoms with E-state index in [-0.39, 0.29) is 0 Å². The molecular weight excluding hydrogens is 198 g/mol. The van der Waals surface area contributed by atoms with Crippen LogP contribution in [0.25, 0.3) is 0 Å². The van der Waals surface area contributed by atoms with Crippen molar-refractivity contribution in [1.29, 1.82) is 0 Å². The SMILES string of the molecule is NCc1[c]cc(OCc2ccccc2)cc1. The molecule has 0 aromatic heterocycles. The zero-order valence-corrected chi connectivity index (χ0v) is 9.02. The molecule has 0 heterocycles. The molecule has 81 valence electrons. The average Bonchev–Trinajstić information content (AvgIpc) is 2.38. The van der Waals surface area contributed by atoms with Gasteiger partial charge < -0.3 is 10.5 Å². The molecule has 2 aromatic carbocycles. The number of nitrogens with two attached hydrogens (primary N) is 1. The first-order valence-electron chi connectivity index (χ1n) is 5.26. The van der Waals surface area contributed by atoms with Gasteiger partial charge >= 0.3 is 0 Å². The van der Waals surface area contributed by atoms with Crippen LogP contribution in [0.2, 0.25) is 0 Å². The lowest BCUT2D eigenvalue weighted by molar-refractivity contribution is 0.306. The minimum atomic E-state index is 0.513. The second-order valence-corrected chi connectivity index (χ2v) is 3.53. The van der Waals surface area contributed by atoms with Crippen molar-refractivity contribution in [1.82, 2.24) is 0 Å². The maximum absolute atomic E-state index is 5.62. The lowest BCUT2D eigenvalue weighted by atomic mass is 10.2. The topological polar surface area (TPSA) is 35.2 Å². The van der Waals surface area contributed by atoms with Crippen LogP contribution >= 0.6 is 0 Å². The van der Waals surface area contributed by atoms with E-state index in [1.54, 1.807) is 0 Å². The fourth-order valence-electron chi connectivity index (χ4n) is 1.40. The number of ether oxygens (including phenoxy) is 1. The van der Waals surface area contributed by atoms with Gasteiger partial charge in [-0.15, -0.1) is 0 Å². The zero-order chi connectivity index (χ0) is 11.2. The van der Waals surface area contributed by atoms with Crippen LogP contribution in [0, 0.1) is 6.07 Å². The van der Waals surface area contributed by atoms with Gasteiger partial charge in [-0.05, 0) is 29.3 Å². The van der Waals surface area contributed by atoms with Gasteiger partial charge in [-0.2, -0.15) is 0 Å². The summed E-state index contributed by atoms with van der Waals surface area (Å²) in [4.78, 5) is 0. The van der Waals surface area contributed by atoms with Crippen LogP contribution < -0.4 is 10.5 Å². The van der Waals surface area contributed by atoms with Gasteiger partial charge in [0.15, 0.2) is 0 Å². The summed E-state index contributed by atoms with van der Waals surface area (Å²) in [6.07, 6.45) is 0. The first-order chi connectivity index (χ1) is 7.88. The van der Waals surface area contributed by atoms with Crippen LogP contribution in [-0.4, -0.2) is 0 Å². The van der Waals surface area contributed by atoms with Crippen molar-refractivity contribution in [3.05, 3.63) is 65.7 Å². The average molecular weight is 212 g/mol. The summed E-state index contributed by atoms with van der Waals surface area (Å²) >= 11 is 0. The van der Waals surface area contributed by atoms with Gasteiger partial charge in [-0.3, -0.25) is 0 Å². The van der Waals surface area contributed by atoms with Gasteiger partial charge in [-0.25, -0.2) is 0 Å². The Morgan fingerprint density at radius 1 is 1.06 bits per heavy atom. The molecule has 2 heteroatoms. The van der Waals surface area contributed by atoms with Crippen molar-refractivity contribution in [2.45, 2.75) is 13.2 Å². The molecule has 2 N–H and O–H groups in total. The molecule has 0 aliphatic heterocycles. The number of hydrogen-bond acceptors (Lipinski definition) is 2. The van der Waals surface area contributed by atoms with Crippen molar-refractivity contribution in [2.24, 2.45) is 5.73 Å². The van der Waals surface area contributed by atoms with E-state index in [1.165, 1.54) is 0 Å². The van der Waals surface area contributed by atoms with E-state index in [0.29, 0.717) is 13.2 Å². The van der Waals surface area contributed by atoms with Crippen LogP contribution in [-0.2, 0) is 13.2 Å². The molecule has 0 aliphatic rings. The first-order valence-corrected chi connectivity index (χ1v) is 5.26. The van der Waals surface area contributed by atoms with Crippen LogP contribution in [0.3, 0.4) is 0 Å². The first kappa shape index (κ1) is 10.7. The maximum Gasteiger partial charge on any atom is 0.120 e. The molecule has 0 spiro atoms. The normalized spacial score (nSPS) is 10.1. The third kappa shape index (κ3) is 2.84. The molecular formula is C14H14NO. The van der Waals surface area contributed by atoms with Crippen molar-refractivity contribution in [2.75, 3.05) is 0 Å². The molecule has 0 fully saturated rings. The molecule has 2 nitrogen and oxygen atoms in total. The number of rotatable bonds is 4. The predicted molar refractivity (Wildman–Crippen MR) is 63.9 cm³/mol. The highest BCUT2D eigenvalue weighted by atomic mass is 16.5. The summed E-state index contributed by atoms with van der Waals surface area (Å²) in [5.41, 5.74) is 7.64. The molecule has 0 bridgehead atoms. The molecule has 0 atom stereocenters. The smallest absolute Gasteiger partial charge is 0.120 e. The fourth-order valence-corrected chi connectivity index (χ4v) is 1.40. The lowest BCUT2D eigenvalue weighted by Crippen LogP contribution is -1.98. The van der Waals surface area contributed by atoms with E-state index >= 15 is 0 Å². The summed E-state index contributed by atoms with van der Waals surface area (Å²) < 4.78 is 5.62. The number of benzene rings is 2. The van der Waals surface area contributed by atoms with Gasteiger partial charge in [0.2, 0.25) is 0 Å². The van der Waals surface area contributed by atoms with Crippen molar-refractivity contribution < 1.29 is 4.74 Å². The Kier molecular flexibility index (Phi) is 3.57. The van der Waals surface area contributed by atoms with E-state index in [4.69, 9.17) is 10.5 Å². The summed E-state index contributed by atoms with van der Waals surface area (Å²) in [6, 6.07) is 18.8. The van der Waals surface area contributed by atoms with E-state index in [2.05, 4.69) is 6.07 Å². The minimum absolute atomic E-state index is 0.513. The van der Waals surface area contributed by atoms with Gasteiger partial charge in [0, 0.05) is 6.54 Å². The molecule has 0 aliphatic carbocycles. The molecule has 2 rings (SSSR count). The summed E-state index contributed by atoms with van der Waals surface area (Å²) in [6.45, 7) is 1.09. The standard InChI is InChI=1S/C14H14NO/c15-10-12-6-8-14(9-7-12)16-11-13-4-2-1-3-5-13/h1-6,8-9H,10-11,15H2. The molecule has 0 amide bonds. The predicted octanol–water partition coefficient (Wildman–Crippen LogP) is 2.52. The van der Waals surface area contributed by atoms with Crippen LogP contribution in [0.4, 0.5) is 0 Å². The Bertz CT molecular complexity index is 422. The number of hydrogen-bond donors (Lipinski definition) is 1. The molecule has 0 unspecified atom stereocenters. The van der Waals surface area contributed by atoms with Crippen molar-refractivity contribution in [3.8, 4) is 5.75 Å². The van der Waals surface area contributed by atoms with E-state index in [0.717, 1.165) is 16.9 Å². The summed E-state index contributed by atoms with van der Waals surface area (Å²) in [5.74, 6) is 0.820. The molecule has 16 heavy (non-hydrogen) atoms. The minimum Gasteiger partial charge on any atom is -0.489 e. The Balaban J connectivity index is 1.94. The molecule has 0 saturated heterocycles. The van der Waals surface area contributed by atoms with Crippen molar-refractivity contribution in [3.63, 3.8) is 0 Å². The monoisotopic (exact) mass is 212 g/mol. The second kappa shape index (κ2) is 5.33. The van der Waals surface area contributed by atoms with Crippen LogP contribution in [0.5, 0.6) is 5.75 Å². The quantitative estimate of drug-likeness (QED) is 0.845. The van der Waals surface area contributed by atoms with Gasteiger partial charge in [0.25, 0.3) is 0 Å². The largest absolute Gasteiger partial charge is 0.489 e. The van der Waals surface area contributed by atoms with Crippen LogP contribution in [0.1, 0.15) is 11.1 Å². The summed E-state index contributed by atoms with van der Waals surface area (Å²) in [7, 11) is 0. The van der Waals surface area contributed by atoms with Crippen molar-refractivity contribution >= 4 is 0 Å². The highest BCUT2D eigenvalue weighted by Crippen LogP contribution is 2.13. The highest BCUT2D eigenvalue weighted by Gasteiger charge is 1.95.